The van der Waals surface area contributed by atoms with Crippen molar-refractivity contribution >= 4 is 17.4 Å². The number of hydrogen-bond donors (Lipinski definition) is 1. The number of pyridine rings is 1. The largest absolute Gasteiger partial charge is 0.480 e. The SMILES string of the molecule is COC[C@H](C)Nc1cnc(-c2ccc(C(C)C)nc2OC)c(Cl)n1. The van der Waals surface area contributed by atoms with Crippen LogP contribution in [0, 0.1) is 0 Å². The molecule has 7 heteroatoms. The second kappa shape index (κ2) is 8.26. The maximum Gasteiger partial charge on any atom is 0.223 e. The van der Waals surface area contributed by atoms with E-state index in [1.165, 1.54) is 0 Å². The molecule has 0 fully saturated rings. The average Bonchev–Trinajstić information content (AvgIpc) is 2.54. The van der Waals surface area contributed by atoms with Crippen molar-refractivity contribution in [3.8, 4) is 17.1 Å². The van der Waals surface area contributed by atoms with Gasteiger partial charge < -0.3 is 14.8 Å². The van der Waals surface area contributed by atoms with Gasteiger partial charge in [0.25, 0.3) is 0 Å². The smallest absolute Gasteiger partial charge is 0.223 e. The van der Waals surface area contributed by atoms with Crippen LogP contribution in [0.4, 0.5) is 5.82 Å². The van der Waals surface area contributed by atoms with Crippen LogP contribution >= 0.6 is 11.6 Å². The Hall–Kier alpha value is -1.92. The molecule has 0 aliphatic heterocycles. The molecule has 1 N–H and O–H groups in total. The van der Waals surface area contributed by atoms with Crippen LogP contribution in [0.1, 0.15) is 32.4 Å². The zero-order valence-electron chi connectivity index (χ0n) is 14.6. The van der Waals surface area contributed by atoms with Gasteiger partial charge in [0.15, 0.2) is 5.15 Å². The lowest BCUT2D eigenvalue weighted by atomic mass is 10.1. The van der Waals surface area contributed by atoms with Crippen LogP contribution in [0.15, 0.2) is 18.3 Å². The Morgan fingerprint density at radius 2 is 1.92 bits per heavy atom. The van der Waals surface area contributed by atoms with Crippen LogP contribution in [0.3, 0.4) is 0 Å². The molecule has 1 atom stereocenters. The Labute approximate surface area is 147 Å². The zero-order chi connectivity index (χ0) is 17.7. The second-order valence-corrected chi connectivity index (χ2v) is 6.20. The minimum absolute atomic E-state index is 0.104. The third-order valence-electron chi connectivity index (χ3n) is 3.46. The quantitative estimate of drug-likeness (QED) is 0.819. The zero-order valence-corrected chi connectivity index (χ0v) is 15.4. The summed E-state index contributed by atoms with van der Waals surface area (Å²) >= 11 is 6.33. The topological polar surface area (TPSA) is 69.2 Å². The van der Waals surface area contributed by atoms with Crippen LogP contribution < -0.4 is 10.1 Å². The van der Waals surface area contributed by atoms with Gasteiger partial charge in [-0.05, 0) is 25.0 Å². The monoisotopic (exact) mass is 350 g/mol. The van der Waals surface area contributed by atoms with E-state index < -0.39 is 0 Å². The molecule has 0 aliphatic carbocycles. The number of aromatic nitrogens is 3. The molecule has 0 aromatic carbocycles. The Morgan fingerprint density at radius 1 is 1.17 bits per heavy atom. The number of rotatable bonds is 7. The number of methoxy groups -OCH3 is 2. The van der Waals surface area contributed by atoms with Crippen molar-refractivity contribution in [2.24, 2.45) is 0 Å². The molecule has 2 heterocycles. The lowest BCUT2D eigenvalue weighted by molar-refractivity contribution is 0.190. The number of anilines is 1. The number of ether oxygens (including phenoxy) is 2. The van der Waals surface area contributed by atoms with Gasteiger partial charge >= 0.3 is 0 Å². The highest BCUT2D eigenvalue weighted by Gasteiger charge is 2.16. The molecular weight excluding hydrogens is 328 g/mol. The molecular formula is C17H23ClN4O2. The number of nitrogens with zero attached hydrogens (tertiary/aromatic N) is 3. The molecule has 0 bridgehead atoms. The average molecular weight is 351 g/mol. The van der Waals surface area contributed by atoms with Crippen LogP contribution in [0.2, 0.25) is 5.15 Å². The fourth-order valence-electron chi connectivity index (χ4n) is 2.27. The highest BCUT2D eigenvalue weighted by Crippen LogP contribution is 2.32. The third kappa shape index (κ3) is 4.33. The van der Waals surface area contributed by atoms with Gasteiger partial charge in [0.2, 0.25) is 5.88 Å². The van der Waals surface area contributed by atoms with E-state index in [0.717, 1.165) is 11.3 Å². The van der Waals surface area contributed by atoms with Gasteiger partial charge in [-0.1, -0.05) is 25.4 Å². The van der Waals surface area contributed by atoms with Gasteiger partial charge in [-0.15, -0.1) is 0 Å². The van der Waals surface area contributed by atoms with Gasteiger partial charge in [-0.25, -0.2) is 15.0 Å². The molecule has 0 saturated heterocycles. The van der Waals surface area contributed by atoms with E-state index >= 15 is 0 Å². The van der Waals surface area contributed by atoms with Gasteiger partial charge in [-0.2, -0.15) is 0 Å². The number of halogens is 1. The normalized spacial score (nSPS) is 12.3. The summed E-state index contributed by atoms with van der Waals surface area (Å²) in [6.45, 7) is 6.71. The Bertz CT molecular complexity index is 694. The minimum Gasteiger partial charge on any atom is -0.480 e. The second-order valence-electron chi connectivity index (χ2n) is 5.84. The molecule has 0 unspecified atom stereocenters. The molecule has 2 aromatic heterocycles. The highest BCUT2D eigenvalue weighted by atomic mass is 35.5. The summed E-state index contributed by atoms with van der Waals surface area (Å²) < 4.78 is 10.5. The first kappa shape index (κ1) is 18.4. The number of hydrogen-bond acceptors (Lipinski definition) is 6. The summed E-state index contributed by atoms with van der Waals surface area (Å²) in [4.78, 5) is 13.3. The molecule has 6 nitrogen and oxygen atoms in total. The van der Waals surface area contributed by atoms with E-state index in [1.54, 1.807) is 20.4 Å². The molecule has 0 saturated carbocycles. The maximum absolute atomic E-state index is 6.33. The molecule has 0 radical (unpaired) electrons. The Kier molecular flexibility index (Phi) is 6.34. The fraction of sp³-hybridized carbons (Fsp3) is 0.471. The minimum atomic E-state index is 0.104. The molecule has 130 valence electrons. The first-order valence-electron chi connectivity index (χ1n) is 7.79. The summed E-state index contributed by atoms with van der Waals surface area (Å²) in [6.07, 6.45) is 1.64. The lowest BCUT2D eigenvalue weighted by Crippen LogP contribution is -2.21. The third-order valence-corrected chi connectivity index (χ3v) is 3.73. The first-order valence-corrected chi connectivity index (χ1v) is 8.17. The summed E-state index contributed by atoms with van der Waals surface area (Å²) in [5.41, 5.74) is 2.21. The summed E-state index contributed by atoms with van der Waals surface area (Å²) in [7, 11) is 3.24. The van der Waals surface area contributed by atoms with Crippen LogP contribution in [-0.4, -0.2) is 41.8 Å². The van der Waals surface area contributed by atoms with Crippen LogP contribution in [0.25, 0.3) is 11.3 Å². The maximum atomic E-state index is 6.33. The van der Waals surface area contributed by atoms with Crippen LogP contribution in [0.5, 0.6) is 5.88 Å². The van der Waals surface area contributed by atoms with Crippen molar-refractivity contribution in [3.05, 3.63) is 29.2 Å². The van der Waals surface area contributed by atoms with E-state index in [2.05, 4.69) is 34.1 Å². The summed E-state index contributed by atoms with van der Waals surface area (Å²) in [6, 6.07) is 3.97. The van der Waals surface area contributed by atoms with Crippen molar-refractivity contribution in [1.82, 2.24) is 15.0 Å². The Morgan fingerprint density at radius 3 is 2.50 bits per heavy atom. The van der Waals surface area contributed by atoms with Crippen molar-refractivity contribution in [1.29, 1.82) is 0 Å². The van der Waals surface area contributed by atoms with E-state index in [-0.39, 0.29) is 6.04 Å². The van der Waals surface area contributed by atoms with E-state index in [1.807, 2.05) is 19.1 Å². The number of nitrogens with one attached hydrogen (secondary N) is 1. The Balaban J connectivity index is 2.32. The van der Waals surface area contributed by atoms with Crippen molar-refractivity contribution in [2.75, 3.05) is 26.1 Å². The van der Waals surface area contributed by atoms with E-state index in [4.69, 9.17) is 21.1 Å². The van der Waals surface area contributed by atoms with Gasteiger partial charge in [0.05, 0.1) is 25.5 Å². The molecule has 2 aromatic rings. The van der Waals surface area contributed by atoms with E-state index in [9.17, 15) is 0 Å². The molecule has 0 aliphatic rings. The van der Waals surface area contributed by atoms with Crippen LogP contribution in [-0.2, 0) is 4.74 Å². The molecule has 2 rings (SSSR count). The summed E-state index contributed by atoms with van der Waals surface area (Å²) in [5.74, 6) is 1.40. The first-order chi connectivity index (χ1) is 11.5. The van der Waals surface area contributed by atoms with Gasteiger partial charge in [0.1, 0.15) is 11.5 Å². The predicted octanol–water partition coefficient (Wildman–Crippen LogP) is 3.77. The molecule has 24 heavy (non-hydrogen) atoms. The van der Waals surface area contributed by atoms with Gasteiger partial charge in [-0.3, -0.25) is 0 Å². The standard InChI is InChI=1S/C17H23ClN4O2/c1-10(2)13-7-6-12(17(21-13)24-5)15-16(18)22-14(8-19-15)20-11(3)9-23-4/h6-8,10-11H,9H2,1-5H3,(H,20,22)/t11-/m0/s1. The van der Waals surface area contributed by atoms with Crippen molar-refractivity contribution in [3.63, 3.8) is 0 Å². The van der Waals surface area contributed by atoms with E-state index in [0.29, 0.717) is 35.1 Å². The van der Waals surface area contributed by atoms with Gasteiger partial charge in [0, 0.05) is 18.8 Å². The fourth-order valence-corrected chi connectivity index (χ4v) is 2.51. The molecule has 0 amide bonds. The van der Waals surface area contributed by atoms with Crippen molar-refractivity contribution < 1.29 is 9.47 Å². The van der Waals surface area contributed by atoms with Crippen molar-refractivity contribution in [2.45, 2.75) is 32.7 Å². The predicted molar refractivity (Wildman–Crippen MR) is 95.9 cm³/mol. The molecule has 0 spiro atoms. The lowest BCUT2D eigenvalue weighted by Gasteiger charge is -2.15. The highest BCUT2D eigenvalue weighted by molar-refractivity contribution is 6.32. The summed E-state index contributed by atoms with van der Waals surface area (Å²) in [5, 5.41) is 3.48.